The molecule has 2 rings (SSSR count). The van der Waals surface area contributed by atoms with Crippen molar-refractivity contribution in [1.82, 2.24) is 25.8 Å². The number of aryl methyl sites for hydroxylation is 2. The summed E-state index contributed by atoms with van der Waals surface area (Å²) in [6, 6.07) is 0. The van der Waals surface area contributed by atoms with E-state index in [1.807, 2.05) is 6.92 Å². The lowest BCUT2D eigenvalue weighted by Gasteiger charge is -2.04. The summed E-state index contributed by atoms with van der Waals surface area (Å²) < 4.78 is 10.6. The predicted molar refractivity (Wildman–Crippen MR) is 72.9 cm³/mol. The fourth-order valence-electron chi connectivity index (χ4n) is 1.21. The molecule has 2 aromatic rings. The molecule has 0 aromatic carbocycles. The van der Waals surface area contributed by atoms with Crippen LogP contribution in [0.3, 0.4) is 0 Å². The summed E-state index contributed by atoms with van der Waals surface area (Å²) in [6.07, 6.45) is 0. The van der Waals surface area contributed by atoms with Crippen molar-refractivity contribution in [3.63, 3.8) is 0 Å². The van der Waals surface area contributed by atoms with Gasteiger partial charge < -0.3 is 10.1 Å². The van der Waals surface area contributed by atoms with Gasteiger partial charge in [-0.05, 0) is 19.0 Å². The zero-order chi connectivity index (χ0) is 14.4. The highest BCUT2D eigenvalue weighted by Gasteiger charge is 2.08. The molecule has 0 spiro atoms. The Kier molecular flexibility index (Phi) is 5.30. The van der Waals surface area contributed by atoms with Gasteiger partial charge in [0, 0.05) is 0 Å². The van der Waals surface area contributed by atoms with E-state index in [9.17, 15) is 4.79 Å². The average molecular weight is 315 g/mol. The Balaban J connectivity index is 1.59. The summed E-state index contributed by atoms with van der Waals surface area (Å²) in [6.45, 7) is 4.30. The van der Waals surface area contributed by atoms with Crippen LogP contribution >= 0.6 is 23.1 Å². The number of amides is 1. The number of nitrogens with one attached hydrogen (secondary N) is 1. The standard InChI is InChI=1S/C10H13N5O3S2/c1-6-9(15-18-14-6)17-4-3-11-8(16)5-19-10-13-12-7(2)20-10/h3-5H2,1-2H3,(H,11,16). The molecule has 1 amide bonds. The van der Waals surface area contributed by atoms with Crippen molar-refractivity contribution in [2.75, 3.05) is 18.9 Å². The molecule has 20 heavy (non-hydrogen) atoms. The van der Waals surface area contributed by atoms with Crippen molar-refractivity contribution in [3.05, 3.63) is 10.7 Å². The van der Waals surface area contributed by atoms with Gasteiger partial charge in [0.25, 0.3) is 5.88 Å². The highest BCUT2D eigenvalue weighted by Crippen LogP contribution is 2.21. The van der Waals surface area contributed by atoms with E-state index >= 15 is 0 Å². The summed E-state index contributed by atoms with van der Waals surface area (Å²) >= 11 is 2.83. The Morgan fingerprint density at radius 1 is 1.40 bits per heavy atom. The lowest BCUT2D eigenvalue weighted by Crippen LogP contribution is -2.29. The van der Waals surface area contributed by atoms with Crippen molar-refractivity contribution >= 4 is 29.0 Å². The molecule has 10 heteroatoms. The highest BCUT2D eigenvalue weighted by atomic mass is 32.2. The molecule has 0 atom stereocenters. The first kappa shape index (κ1) is 14.7. The molecule has 0 aliphatic carbocycles. The fourth-order valence-corrected chi connectivity index (χ4v) is 2.85. The van der Waals surface area contributed by atoms with E-state index in [-0.39, 0.29) is 5.91 Å². The highest BCUT2D eigenvalue weighted by molar-refractivity contribution is 8.01. The number of ether oxygens (including phenoxy) is 1. The minimum Gasteiger partial charge on any atom is -0.472 e. The minimum absolute atomic E-state index is 0.0820. The van der Waals surface area contributed by atoms with Crippen LogP contribution in [-0.2, 0) is 4.79 Å². The van der Waals surface area contributed by atoms with Gasteiger partial charge in [-0.2, -0.15) is 0 Å². The normalized spacial score (nSPS) is 10.5. The number of nitrogens with zero attached hydrogens (tertiary/aromatic N) is 4. The lowest BCUT2D eigenvalue weighted by atomic mass is 10.5. The zero-order valence-electron chi connectivity index (χ0n) is 11.0. The summed E-state index contributed by atoms with van der Waals surface area (Å²) in [5.74, 6) is 0.568. The maximum Gasteiger partial charge on any atom is 0.278 e. The zero-order valence-corrected chi connectivity index (χ0v) is 12.6. The Hall–Kier alpha value is -1.68. The second-order valence-electron chi connectivity index (χ2n) is 3.73. The molecule has 2 heterocycles. The second kappa shape index (κ2) is 7.20. The number of aromatic nitrogens is 4. The van der Waals surface area contributed by atoms with Crippen LogP contribution in [0.2, 0.25) is 0 Å². The van der Waals surface area contributed by atoms with Crippen LogP contribution in [0, 0.1) is 13.8 Å². The maximum absolute atomic E-state index is 11.6. The molecule has 8 nitrogen and oxygen atoms in total. The van der Waals surface area contributed by atoms with Crippen LogP contribution in [0.25, 0.3) is 0 Å². The summed E-state index contributed by atoms with van der Waals surface area (Å²) in [7, 11) is 0. The van der Waals surface area contributed by atoms with E-state index in [0.29, 0.717) is 30.5 Å². The molecule has 108 valence electrons. The van der Waals surface area contributed by atoms with E-state index in [0.717, 1.165) is 9.35 Å². The molecule has 0 fully saturated rings. The predicted octanol–water partition coefficient (Wildman–Crippen LogP) is 0.825. The first-order valence-corrected chi connectivity index (χ1v) is 7.57. The molecule has 0 saturated heterocycles. The number of carbonyl (C=O) groups is 1. The van der Waals surface area contributed by atoms with Gasteiger partial charge in [-0.1, -0.05) is 28.3 Å². The van der Waals surface area contributed by atoms with Crippen LogP contribution in [-0.4, -0.2) is 45.3 Å². The molecule has 0 aliphatic rings. The van der Waals surface area contributed by atoms with E-state index < -0.39 is 0 Å². The molecular weight excluding hydrogens is 302 g/mol. The van der Waals surface area contributed by atoms with E-state index in [1.54, 1.807) is 6.92 Å². The number of thioether (sulfide) groups is 1. The number of rotatable bonds is 7. The Labute approximate surface area is 123 Å². The third kappa shape index (κ3) is 4.46. The number of hydrogen-bond acceptors (Lipinski definition) is 9. The molecule has 0 saturated carbocycles. The van der Waals surface area contributed by atoms with E-state index in [1.165, 1.54) is 23.1 Å². The molecule has 0 bridgehead atoms. The molecular formula is C10H13N5O3S2. The van der Waals surface area contributed by atoms with Gasteiger partial charge in [-0.25, -0.2) is 4.63 Å². The first-order valence-electron chi connectivity index (χ1n) is 5.76. The van der Waals surface area contributed by atoms with Crippen LogP contribution in [0.1, 0.15) is 10.7 Å². The van der Waals surface area contributed by atoms with Gasteiger partial charge in [-0.15, -0.1) is 10.2 Å². The maximum atomic E-state index is 11.6. The lowest BCUT2D eigenvalue weighted by molar-refractivity contribution is -0.118. The molecule has 0 radical (unpaired) electrons. The van der Waals surface area contributed by atoms with Crippen molar-refractivity contribution in [2.45, 2.75) is 18.2 Å². The summed E-state index contributed by atoms with van der Waals surface area (Å²) in [5.41, 5.74) is 0.582. The fraction of sp³-hybridized carbons (Fsp3) is 0.500. The summed E-state index contributed by atoms with van der Waals surface area (Å²) in [5, 5.41) is 18.6. The monoisotopic (exact) mass is 315 g/mol. The smallest absolute Gasteiger partial charge is 0.278 e. The van der Waals surface area contributed by atoms with Gasteiger partial charge in [0.2, 0.25) is 5.91 Å². The molecule has 1 N–H and O–H groups in total. The SMILES string of the molecule is Cc1nnc(SCC(=O)NCCOc2nonc2C)s1. The van der Waals surface area contributed by atoms with Crippen LogP contribution < -0.4 is 10.1 Å². The molecule has 0 aliphatic heterocycles. The van der Waals surface area contributed by atoms with Crippen molar-refractivity contribution < 1.29 is 14.2 Å². The van der Waals surface area contributed by atoms with Crippen molar-refractivity contribution in [2.24, 2.45) is 0 Å². The van der Waals surface area contributed by atoms with Crippen LogP contribution in [0.5, 0.6) is 5.88 Å². The first-order chi connectivity index (χ1) is 9.65. The second-order valence-corrected chi connectivity index (χ2v) is 6.13. The number of hydrogen-bond donors (Lipinski definition) is 1. The Morgan fingerprint density at radius 3 is 2.90 bits per heavy atom. The third-order valence-electron chi connectivity index (χ3n) is 2.11. The van der Waals surface area contributed by atoms with Crippen LogP contribution in [0.15, 0.2) is 8.97 Å². The molecule has 0 unspecified atom stereocenters. The van der Waals surface area contributed by atoms with E-state index in [2.05, 4.69) is 30.5 Å². The van der Waals surface area contributed by atoms with Gasteiger partial charge in [-0.3, -0.25) is 4.79 Å². The van der Waals surface area contributed by atoms with Gasteiger partial charge >= 0.3 is 0 Å². The quantitative estimate of drug-likeness (QED) is 0.592. The van der Waals surface area contributed by atoms with Crippen molar-refractivity contribution in [1.29, 1.82) is 0 Å². The topological polar surface area (TPSA) is 103 Å². The van der Waals surface area contributed by atoms with E-state index in [4.69, 9.17) is 4.74 Å². The van der Waals surface area contributed by atoms with Gasteiger partial charge in [0.1, 0.15) is 17.3 Å². The van der Waals surface area contributed by atoms with Gasteiger partial charge in [0.05, 0.1) is 12.3 Å². The van der Waals surface area contributed by atoms with Gasteiger partial charge in [0.15, 0.2) is 4.34 Å². The Morgan fingerprint density at radius 2 is 2.25 bits per heavy atom. The average Bonchev–Trinajstić information content (AvgIpc) is 3.01. The third-order valence-corrected chi connectivity index (χ3v) is 4.08. The van der Waals surface area contributed by atoms with Crippen LogP contribution in [0.4, 0.5) is 0 Å². The molecule has 2 aromatic heterocycles. The summed E-state index contributed by atoms with van der Waals surface area (Å²) in [4.78, 5) is 11.6. The Bertz CT molecular complexity index is 571. The largest absolute Gasteiger partial charge is 0.472 e. The van der Waals surface area contributed by atoms with Crippen molar-refractivity contribution in [3.8, 4) is 5.88 Å². The minimum atomic E-state index is -0.0820. The number of carbonyl (C=O) groups excluding carboxylic acids is 1.